The van der Waals surface area contributed by atoms with Crippen LogP contribution < -0.4 is 14.9 Å². The Balaban J connectivity index is 2.06. The molecule has 0 radical (unpaired) electrons. The molecule has 0 aliphatic carbocycles. The Bertz CT molecular complexity index is 1190. The average molecular weight is 553 g/mol. The number of nitrogens with zero attached hydrogens (tertiary/aromatic N) is 1. The smallest absolute Gasteiger partial charge is 0.197 e. The van der Waals surface area contributed by atoms with Crippen LogP contribution >= 0.6 is 31.9 Å². The minimum Gasteiger partial charge on any atom is -0.496 e. The van der Waals surface area contributed by atoms with Gasteiger partial charge in [-0.05, 0) is 54.1 Å². The van der Waals surface area contributed by atoms with Gasteiger partial charge in [0, 0.05) is 44.2 Å². The minimum absolute atomic E-state index is 0.0000264. The molecule has 6 nitrogen and oxygen atoms in total. The molecule has 164 valence electrons. The van der Waals surface area contributed by atoms with E-state index in [2.05, 4.69) is 36.8 Å². The fourth-order valence-electron chi connectivity index (χ4n) is 4.41. The van der Waals surface area contributed by atoms with Crippen LogP contribution in [0.4, 0.5) is 0 Å². The van der Waals surface area contributed by atoms with Gasteiger partial charge in [0.2, 0.25) is 0 Å². The van der Waals surface area contributed by atoms with E-state index in [4.69, 9.17) is 13.9 Å². The van der Waals surface area contributed by atoms with Gasteiger partial charge >= 0.3 is 0 Å². The Labute approximate surface area is 197 Å². The van der Waals surface area contributed by atoms with Crippen LogP contribution in [0.5, 0.6) is 11.5 Å². The molecule has 4 rings (SSSR count). The van der Waals surface area contributed by atoms with Crippen LogP contribution in [0.2, 0.25) is 0 Å². The molecule has 1 aromatic heterocycles. The van der Waals surface area contributed by atoms with Crippen LogP contribution in [0.3, 0.4) is 0 Å². The molecule has 0 unspecified atom stereocenters. The summed E-state index contributed by atoms with van der Waals surface area (Å²) in [6.45, 7) is 0.828. The van der Waals surface area contributed by atoms with Gasteiger partial charge in [0.25, 0.3) is 0 Å². The molecule has 1 aliphatic heterocycles. The predicted octanol–water partition coefficient (Wildman–Crippen LogP) is 4.78. The largest absolute Gasteiger partial charge is 0.496 e. The van der Waals surface area contributed by atoms with Crippen LogP contribution in [-0.4, -0.2) is 50.5 Å². The molecule has 2 heterocycles. The molecule has 3 aromatic rings. The lowest BCUT2D eigenvalue weighted by atomic mass is 9.89. The Morgan fingerprint density at radius 1 is 1.16 bits per heavy atom. The third-order valence-electron chi connectivity index (χ3n) is 5.98. The van der Waals surface area contributed by atoms with Gasteiger partial charge in [-0.2, -0.15) is 0 Å². The molecule has 0 bridgehead atoms. The quantitative estimate of drug-likeness (QED) is 0.491. The second-order valence-corrected chi connectivity index (χ2v) is 9.39. The normalized spacial score (nSPS) is 19.2. The molecular weight excluding hydrogens is 530 g/mol. The lowest BCUT2D eigenvalue weighted by Gasteiger charge is -2.25. The molecule has 1 fully saturated rings. The van der Waals surface area contributed by atoms with Crippen molar-refractivity contribution in [3.05, 3.63) is 55.1 Å². The van der Waals surface area contributed by atoms with Crippen molar-refractivity contribution in [2.24, 2.45) is 0 Å². The summed E-state index contributed by atoms with van der Waals surface area (Å²) in [4.78, 5) is 15.4. The summed E-state index contributed by atoms with van der Waals surface area (Å²) in [7, 11) is 5.09. The van der Waals surface area contributed by atoms with Crippen molar-refractivity contribution in [1.29, 1.82) is 0 Å². The van der Waals surface area contributed by atoms with Gasteiger partial charge in [-0.25, -0.2) is 0 Å². The first kappa shape index (κ1) is 22.3. The fourth-order valence-corrected chi connectivity index (χ4v) is 5.65. The van der Waals surface area contributed by atoms with E-state index in [1.54, 1.807) is 13.2 Å². The maximum absolute atomic E-state index is 13.2. The number of aliphatic hydroxyl groups is 1. The number of rotatable bonds is 5. The van der Waals surface area contributed by atoms with Gasteiger partial charge in [0.1, 0.15) is 28.2 Å². The molecule has 1 saturated heterocycles. The SMILES string of the molecule is COc1cc(OC)c2c(=O)cc(-c3ccc(Br)cc3Br)oc2c1[C@@H]1CCN(C)[C@H]1CO. The van der Waals surface area contributed by atoms with E-state index in [1.165, 1.54) is 13.2 Å². The van der Waals surface area contributed by atoms with Crippen LogP contribution in [0.1, 0.15) is 17.9 Å². The van der Waals surface area contributed by atoms with E-state index < -0.39 is 0 Å². The monoisotopic (exact) mass is 551 g/mol. The van der Waals surface area contributed by atoms with Crippen molar-refractivity contribution in [2.45, 2.75) is 18.4 Å². The first-order valence-corrected chi connectivity index (χ1v) is 11.5. The molecule has 1 N–H and O–H groups in total. The highest BCUT2D eigenvalue weighted by molar-refractivity contribution is 9.11. The van der Waals surface area contributed by atoms with E-state index in [0.717, 1.165) is 33.0 Å². The number of likely N-dealkylation sites (tertiary alicyclic amines) is 1. The van der Waals surface area contributed by atoms with Crippen LogP contribution in [0.25, 0.3) is 22.3 Å². The Morgan fingerprint density at radius 3 is 2.55 bits per heavy atom. The molecule has 0 spiro atoms. The number of hydrogen-bond acceptors (Lipinski definition) is 6. The van der Waals surface area contributed by atoms with E-state index in [9.17, 15) is 9.90 Å². The van der Waals surface area contributed by atoms with Crippen LogP contribution in [0.15, 0.2) is 48.5 Å². The second-order valence-electron chi connectivity index (χ2n) is 7.62. The third kappa shape index (κ3) is 3.91. The summed E-state index contributed by atoms with van der Waals surface area (Å²) in [6.07, 6.45) is 0.815. The summed E-state index contributed by atoms with van der Waals surface area (Å²) < 4.78 is 19.3. The first-order valence-electron chi connectivity index (χ1n) is 9.88. The number of fused-ring (bicyclic) bond motifs is 1. The standard InChI is InChI=1S/C23H23Br2NO5/c1-26-7-6-14(16(26)11-27)21-19(29-2)10-20(30-3)22-17(28)9-18(31-23(21)22)13-5-4-12(24)8-15(13)25/h4-5,8-10,14,16,27H,6-7,11H2,1-3H3/t14-,16+/m1/s1. The van der Waals surface area contributed by atoms with Crippen molar-refractivity contribution in [3.63, 3.8) is 0 Å². The number of hydrogen-bond donors (Lipinski definition) is 1. The molecule has 31 heavy (non-hydrogen) atoms. The minimum atomic E-state index is -0.196. The van der Waals surface area contributed by atoms with Gasteiger partial charge in [-0.1, -0.05) is 15.9 Å². The zero-order chi connectivity index (χ0) is 22.3. The van der Waals surface area contributed by atoms with E-state index in [-0.39, 0.29) is 24.0 Å². The van der Waals surface area contributed by atoms with Crippen molar-refractivity contribution in [2.75, 3.05) is 34.4 Å². The van der Waals surface area contributed by atoms with Crippen molar-refractivity contribution >= 4 is 42.8 Å². The lowest BCUT2D eigenvalue weighted by Crippen LogP contribution is -2.32. The zero-order valence-electron chi connectivity index (χ0n) is 17.4. The average Bonchev–Trinajstić information content (AvgIpc) is 3.12. The highest BCUT2D eigenvalue weighted by Crippen LogP contribution is 2.45. The second kappa shape index (κ2) is 8.94. The number of benzene rings is 2. The van der Waals surface area contributed by atoms with E-state index in [0.29, 0.717) is 28.2 Å². The van der Waals surface area contributed by atoms with Crippen LogP contribution in [0, 0.1) is 0 Å². The first-order chi connectivity index (χ1) is 14.9. The molecule has 1 aliphatic rings. The van der Waals surface area contributed by atoms with E-state index >= 15 is 0 Å². The fraction of sp³-hybridized carbons (Fsp3) is 0.348. The molecule has 0 saturated carbocycles. The summed E-state index contributed by atoms with van der Waals surface area (Å²) in [5, 5.41) is 10.4. The predicted molar refractivity (Wildman–Crippen MR) is 127 cm³/mol. The highest BCUT2D eigenvalue weighted by atomic mass is 79.9. The number of likely N-dealkylation sites (N-methyl/N-ethyl adjacent to an activating group) is 1. The van der Waals surface area contributed by atoms with Gasteiger partial charge < -0.3 is 23.9 Å². The molecular formula is C23H23Br2NO5. The molecule has 2 aromatic carbocycles. The van der Waals surface area contributed by atoms with Gasteiger partial charge in [-0.15, -0.1) is 0 Å². The van der Waals surface area contributed by atoms with Crippen molar-refractivity contribution in [1.82, 2.24) is 4.90 Å². The Kier molecular flexibility index (Phi) is 6.44. The molecule has 8 heteroatoms. The summed E-state index contributed by atoms with van der Waals surface area (Å²) >= 11 is 7.01. The number of ether oxygens (including phenoxy) is 2. The van der Waals surface area contributed by atoms with Gasteiger partial charge in [0.15, 0.2) is 5.43 Å². The van der Waals surface area contributed by atoms with Gasteiger partial charge in [0.05, 0.1) is 20.8 Å². The molecule has 2 atom stereocenters. The molecule has 0 amide bonds. The maximum Gasteiger partial charge on any atom is 0.197 e. The lowest BCUT2D eigenvalue weighted by molar-refractivity contribution is 0.171. The van der Waals surface area contributed by atoms with Crippen molar-refractivity contribution in [3.8, 4) is 22.8 Å². The third-order valence-corrected chi connectivity index (χ3v) is 7.13. The summed E-state index contributed by atoms with van der Waals surface area (Å²) in [5.41, 5.74) is 1.79. The number of halogens is 2. The zero-order valence-corrected chi connectivity index (χ0v) is 20.6. The summed E-state index contributed by atoms with van der Waals surface area (Å²) in [6, 6.07) is 8.80. The Morgan fingerprint density at radius 2 is 1.90 bits per heavy atom. The van der Waals surface area contributed by atoms with Crippen molar-refractivity contribution < 1.29 is 19.0 Å². The number of methoxy groups -OCH3 is 2. The topological polar surface area (TPSA) is 72.1 Å². The summed E-state index contributed by atoms with van der Waals surface area (Å²) in [5.74, 6) is 1.38. The van der Waals surface area contributed by atoms with Crippen LogP contribution in [-0.2, 0) is 0 Å². The Hall–Kier alpha value is -1.87. The number of aliphatic hydroxyl groups excluding tert-OH is 1. The highest BCUT2D eigenvalue weighted by Gasteiger charge is 2.37. The maximum atomic E-state index is 13.2. The van der Waals surface area contributed by atoms with Gasteiger partial charge in [-0.3, -0.25) is 4.79 Å². The van der Waals surface area contributed by atoms with E-state index in [1.807, 2.05) is 25.2 Å².